The van der Waals surface area contributed by atoms with Gasteiger partial charge in [0, 0.05) is 6.42 Å². The third kappa shape index (κ3) is 4.16. The minimum absolute atomic E-state index is 0.0128. The summed E-state index contributed by atoms with van der Waals surface area (Å²) in [7, 11) is 0. The van der Waals surface area contributed by atoms with Crippen LogP contribution in [0.1, 0.15) is 43.2 Å². The first kappa shape index (κ1) is 17.0. The van der Waals surface area contributed by atoms with Crippen molar-refractivity contribution in [2.24, 2.45) is 11.8 Å². The van der Waals surface area contributed by atoms with E-state index in [0.29, 0.717) is 18.9 Å². The number of hydrogen-bond acceptors (Lipinski definition) is 4. The molecule has 1 aliphatic heterocycles. The Labute approximate surface area is 141 Å². The first-order valence-electron chi connectivity index (χ1n) is 8.57. The summed E-state index contributed by atoms with van der Waals surface area (Å²) in [5.74, 6) is -0.260. The highest BCUT2D eigenvalue weighted by molar-refractivity contribution is 5.84. The standard InChI is InChI=1S/C19H24O5/c20-11-13-5-7-14(8-6-13)12-23-18-10-16(15-3-1-2-4-15)9-17(24-18)19(21)22/h5-9,15-16,18,20H,1-4,10-12H2,(H,21,22)/t16-,18+/m0/s1. The highest BCUT2D eigenvalue weighted by Crippen LogP contribution is 2.38. The monoisotopic (exact) mass is 332 g/mol. The van der Waals surface area contributed by atoms with Gasteiger partial charge in [-0.05, 0) is 41.9 Å². The second kappa shape index (κ2) is 7.81. The third-order valence-electron chi connectivity index (χ3n) is 4.95. The molecule has 1 fully saturated rings. The van der Waals surface area contributed by atoms with E-state index >= 15 is 0 Å². The van der Waals surface area contributed by atoms with Gasteiger partial charge >= 0.3 is 5.97 Å². The van der Waals surface area contributed by atoms with Gasteiger partial charge in [-0.1, -0.05) is 37.1 Å². The average molecular weight is 332 g/mol. The fourth-order valence-electron chi connectivity index (χ4n) is 3.58. The van der Waals surface area contributed by atoms with Gasteiger partial charge < -0.3 is 19.7 Å². The van der Waals surface area contributed by atoms with Crippen molar-refractivity contribution in [1.29, 1.82) is 0 Å². The molecule has 1 saturated carbocycles. The van der Waals surface area contributed by atoms with E-state index in [2.05, 4.69) is 0 Å². The smallest absolute Gasteiger partial charge is 0.370 e. The molecule has 1 heterocycles. The normalized spacial score (nSPS) is 24.5. The molecule has 0 amide bonds. The first-order valence-corrected chi connectivity index (χ1v) is 8.57. The van der Waals surface area contributed by atoms with Crippen LogP contribution in [0.5, 0.6) is 0 Å². The summed E-state index contributed by atoms with van der Waals surface area (Å²) in [6, 6.07) is 7.50. The maximum absolute atomic E-state index is 11.3. The average Bonchev–Trinajstić information content (AvgIpc) is 3.15. The van der Waals surface area contributed by atoms with Crippen LogP contribution in [0.2, 0.25) is 0 Å². The molecule has 1 aromatic rings. The zero-order valence-corrected chi connectivity index (χ0v) is 13.7. The summed E-state index contributed by atoms with van der Waals surface area (Å²) < 4.78 is 11.3. The number of hydrogen-bond donors (Lipinski definition) is 2. The molecule has 0 saturated heterocycles. The highest BCUT2D eigenvalue weighted by atomic mass is 16.7. The van der Waals surface area contributed by atoms with Gasteiger partial charge in [0.1, 0.15) is 0 Å². The summed E-state index contributed by atoms with van der Waals surface area (Å²) >= 11 is 0. The number of carboxylic acid groups (broad SMARTS) is 1. The molecule has 1 aliphatic carbocycles. The minimum Gasteiger partial charge on any atom is -0.475 e. The van der Waals surface area contributed by atoms with E-state index in [1.54, 1.807) is 6.08 Å². The maximum atomic E-state index is 11.3. The number of carboxylic acids is 1. The number of allylic oxidation sites excluding steroid dienone is 1. The molecule has 2 N–H and O–H groups in total. The Balaban J connectivity index is 1.62. The fraction of sp³-hybridized carbons (Fsp3) is 0.526. The van der Waals surface area contributed by atoms with Crippen molar-refractivity contribution in [3.63, 3.8) is 0 Å². The molecule has 1 aromatic carbocycles. The predicted molar refractivity (Wildman–Crippen MR) is 87.8 cm³/mol. The first-order chi connectivity index (χ1) is 11.7. The van der Waals surface area contributed by atoms with E-state index < -0.39 is 12.3 Å². The number of benzene rings is 1. The van der Waals surface area contributed by atoms with E-state index in [-0.39, 0.29) is 18.3 Å². The van der Waals surface area contributed by atoms with Crippen LogP contribution in [0.4, 0.5) is 0 Å². The van der Waals surface area contributed by atoms with Gasteiger partial charge in [-0.15, -0.1) is 0 Å². The highest BCUT2D eigenvalue weighted by Gasteiger charge is 2.33. The molecule has 2 atom stereocenters. The van der Waals surface area contributed by atoms with Crippen LogP contribution in [-0.4, -0.2) is 22.5 Å². The van der Waals surface area contributed by atoms with Gasteiger partial charge in [-0.3, -0.25) is 0 Å². The minimum atomic E-state index is -1.03. The molecule has 0 radical (unpaired) electrons. The van der Waals surface area contributed by atoms with Crippen LogP contribution < -0.4 is 0 Å². The quantitative estimate of drug-likeness (QED) is 0.836. The molecule has 0 aromatic heterocycles. The van der Waals surface area contributed by atoms with Crippen molar-refractivity contribution in [2.75, 3.05) is 0 Å². The van der Waals surface area contributed by atoms with Crippen LogP contribution in [-0.2, 0) is 27.5 Å². The number of aliphatic hydroxyl groups is 1. The Kier molecular flexibility index (Phi) is 5.53. The molecule has 24 heavy (non-hydrogen) atoms. The lowest BCUT2D eigenvalue weighted by Crippen LogP contribution is -2.30. The zero-order chi connectivity index (χ0) is 16.9. The Hall–Kier alpha value is -1.85. The number of aliphatic carboxylic acids is 1. The second-order valence-corrected chi connectivity index (χ2v) is 6.61. The van der Waals surface area contributed by atoms with Crippen molar-refractivity contribution in [3.8, 4) is 0 Å². The molecule has 0 unspecified atom stereocenters. The number of carbonyl (C=O) groups is 1. The number of rotatable bonds is 6. The van der Waals surface area contributed by atoms with E-state index in [1.165, 1.54) is 12.8 Å². The van der Waals surface area contributed by atoms with Crippen molar-refractivity contribution in [2.45, 2.75) is 51.6 Å². The summed E-state index contributed by atoms with van der Waals surface area (Å²) in [4.78, 5) is 11.3. The molecule has 3 rings (SSSR count). The molecule has 0 bridgehead atoms. The van der Waals surface area contributed by atoms with Crippen LogP contribution in [0.3, 0.4) is 0 Å². The fourth-order valence-corrected chi connectivity index (χ4v) is 3.58. The van der Waals surface area contributed by atoms with Gasteiger partial charge in [0.05, 0.1) is 13.2 Å². The molecular weight excluding hydrogens is 308 g/mol. The van der Waals surface area contributed by atoms with Gasteiger partial charge in [0.25, 0.3) is 0 Å². The Morgan fingerprint density at radius 2 is 1.83 bits per heavy atom. The van der Waals surface area contributed by atoms with Gasteiger partial charge in [0.2, 0.25) is 12.0 Å². The van der Waals surface area contributed by atoms with Crippen LogP contribution in [0, 0.1) is 11.8 Å². The van der Waals surface area contributed by atoms with Crippen LogP contribution >= 0.6 is 0 Å². The SMILES string of the molecule is O=C(O)C1=C[C@H](C2CCCC2)C[C@H](OCc2ccc(CO)cc2)O1. The molecule has 0 spiro atoms. The largest absolute Gasteiger partial charge is 0.475 e. The Morgan fingerprint density at radius 1 is 1.17 bits per heavy atom. The van der Waals surface area contributed by atoms with Crippen LogP contribution in [0.25, 0.3) is 0 Å². The summed E-state index contributed by atoms with van der Waals surface area (Å²) in [6.45, 7) is 0.378. The van der Waals surface area contributed by atoms with E-state index in [0.717, 1.165) is 24.0 Å². The zero-order valence-electron chi connectivity index (χ0n) is 13.7. The lowest BCUT2D eigenvalue weighted by atomic mass is 9.86. The van der Waals surface area contributed by atoms with Crippen molar-refractivity contribution < 1.29 is 24.5 Å². The molecule has 130 valence electrons. The van der Waals surface area contributed by atoms with E-state index in [4.69, 9.17) is 14.6 Å². The van der Waals surface area contributed by atoms with Crippen molar-refractivity contribution in [1.82, 2.24) is 0 Å². The predicted octanol–water partition coefficient (Wildman–Crippen LogP) is 3.22. The summed E-state index contributed by atoms with van der Waals surface area (Å²) in [6.07, 6.45) is 6.71. The third-order valence-corrected chi connectivity index (χ3v) is 4.95. The molecule has 5 heteroatoms. The Bertz CT molecular complexity index is 586. The van der Waals surface area contributed by atoms with Crippen molar-refractivity contribution >= 4 is 5.97 Å². The van der Waals surface area contributed by atoms with E-state index in [1.807, 2.05) is 24.3 Å². The van der Waals surface area contributed by atoms with Crippen molar-refractivity contribution in [3.05, 3.63) is 47.2 Å². The van der Waals surface area contributed by atoms with Crippen LogP contribution in [0.15, 0.2) is 36.1 Å². The number of aliphatic hydroxyl groups excluding tert-OH is 1. The maximum Gasteiger partial charge on any atom is 0.370 e. The molecule has 5 nitrogen and oxygen atoms in total. The summed E-state index contributed by atoms with van der Waals surface area (Å²) in [5, 5.41) is 18.4. The number of ether oxygens (including phenoxy) is 2. The lowest BCUT2D eigenvalue weighted by molar-refractivity contribution is -0.163. The van der Waals surface area contributed by atoms with Gasteiger partial charge in [-0.25, -0.2) is 4.79 Å². The summed E-state index contributed by atoms with van der Waals surface area (Å²) in [5.41, 5.74) is 1.82. The molecular formula is C19H24O5. The Morgan fingerprint density at radius 3 is 2.46 bits per heavy atom. The van der Waals surface area contributed by atoms with Gasteiger partial charge in [0.15, 0.2) is 0 Å². The lowest BCUT2D eigenvalue weighted by Gasteiger charge is -2.31. The topological polar surface area (TPSA) is 76.0 Å². The second-order valence-electron chi connectivity index (χ2n) is 6.61. The van der Waals surface area contributed by atoms with E-state index in [9.17, 15) is 9.90 Å². The molecule has 2 aliphatic rings. The van der Waals surface area contributed by atoms with Gasteiger partial charge in [-0.2, -0.15) is 0 Å².